The molecule has 0 unspecified atom stereocenters. The minimum absolute atomic E-state index is 0.125. The van der Waals surface area contributed by atoms with E-state index in [4.69, 9.17) is 23.2 Å². The first-order valence-corrected chi connectivity index (χ1v) is 7.71. The van der Waals surface area contributed by atoms with Crippen LogP contribution in [0.2, 0.25) is 10.0 Å². The first-order valence-electron chi connectivity index (χ1n) is 6.07. The van der Waals surface area contributed by atoms with Crippen LogP contribution in [-0.4, -0.2) is 11.9 Å². The zero-order valence-corrected chi connectivity index (χ0v) is 13.1. The normalized spacial score (nSPS) is 12.2. The number of carbonyl (C=O) groups excluding carboxylic acids is 1. The summed E-state index contributed by atoms with van der Waals surface area (Å²) in [6.07, 6.45) is 0. The Labute approximate surface area is 131 Å². The molecule has 0 spiro atoms. The zero-order valence-electron chi connectivity index (χ0n) is 10.8. The summed E-state index contributed by atoms with van der Waals surface area (Å²) in [6, 6.07) is 8.65. The summed E-state index contributed by atoms with van der Waals surface area (Å²) < 4.78 is 0. The van der Waals surface area contributed by atoms with E-state index in [9.17, 15) is 4.79 Å². The van der Waals surface area contributed by atoms with E-state index in [1.54, 1.807) is 29.5 Å². The number of hydrogen-bond donors (Lipinski definition) is 2. The number of thiophene rings is 1. The van der Waals surface area contributed by atoms with Crippen molar-refractivity contribution in [3.63, 3.8) is 0 Å². The molecule has 6 heteroatoms. The fourth-order valence-corrected chi connectivity index (χ4v) is 2.82. The third-order valence-corrected chi connectivity index (χ3v) is 4.00. The Kier molecular flexibility index (Phi) is 5.43. The van der Waals surface area contributed by atoms with Crippen LogP contribution in [-0.2, 0) is 11.3 Å². The van der Waals surface area contributed by atoms with Gasteiger partial charge in [-0.25, -0.2) is 0 Å². The summed E-state index contributed by atoms with van der Waals surface area (Å²) in [5, 5.41) is 8.95. The summed E-state index contributed by atoms with van der Waals surface area (Å²) in [5.41, 5.74) is 0.595. The molecule has 0 radical (unpaired) electrons. The monoisotopic (exact) mass is 328 g/mol. The molecule has 3 nitrogen and oxygen atoms in total. The van der Waals surface area contributed by atoms with Crippen molar-refractivity contribution >= 4 is 46.1 Å². The van der Waals surface area contributed by atoms with Crippen molar-refractivity contribution in [1.29, 1.82) is 0 Å². The molecule has 0 saturated heterocycles. The summed E-state index contributed by atoms with van der Waals surface area (Å²) in [5.74, 6) is -0.125. The number of benzene rings is 1. The Hall–Kier alpha value is -1.07. The Morgan fingerprint density at radius 2 is 2.00 bits per heavy atom. The van der Waals surface area contributed by atoms with Crippen LogP contribution in [0.3, 0.4) is 0 Å². The maximum atomic E-state index is 12.0. The van der Waals surface area contributed by atoms with Gasteiger partial charge in [0.05, 0.1) is 6.04 Å². The van der Waals surface area contributed by atoms with E-state index in [0.717, 1.165) is 0 Å². The molecule has 0 saturated carbocycles. The quantitative estimate of drug-likeness (QED) is 0.864. The van der Waals surface area contributed by atoms with Gasteiger partial charge in [-0.3, -0.25) is 4.79 Å². The summed E-state index contributed by atoms with van der Waals surface area (Å²) in [7, 11) is 0. The summed E-state index contributed by atoms with van der Waals surface area (Å²) in [4.78, 5) is 13.2. The fraction of sp³-hybridized carbons (Fsp3) is 0.214. The molecule has 1 heterocycles. The molecule has 1 atom stereocenters. The van der Waals surface area contributed by atoms with Crippen LogP contribution < -0.4 is 10.6 Å². The van der Waals surface area contributed by atoms with Crippen molar-refractivity contribution in [2.24, 2.45) is 0 Å². The Morgan fingerprint density at radius 1 is 1.30 bits per heavy atom. The molecule has 2 aromatic rings. The maximum Gasteiger partial charge on any atom is 0.241 e. The smallest absolute Gasteiger partial charge is 0.241 e. The molecule has 1 aromatic heterocycles. The van der Waals surface area contributed by atoms with E-state index in [1.807, 2.05) is 24.4 Å². The largest absolute Gasteiger partial charge is 0.325 e. The third-order valence-electron chi connectivity index (χ3n) is 2.69. The van der Waals surface area contributed by atoms with Gasteiger partial charge in [-0.1, -0.05) is 29.3 Å². The molecule has 20 heavy (non-hydrogen) atoms. The number of hydrogen-bond acceptors (Lipinski definition) is 3. The number of amides is 1. The standard InChI is InChI=1S/C14H14Cl2N2OS/c1-9(17-8-13-3-2-4-20-13)14(19)18-12-6-10(15)5-11(16)7-12/h2-7,9,17H,8H2,1H3,(H,18,19)/t9-/m1/s1. The lowest BCUT2D eigenvalue weighted by molar-refractivity contribution is -0.117. The highest BCUT2D eigenvalue weighted by molar-refractivity contribution is 7.09. The van der Waals surface area contributed by atoms with E-state index in [-0.39, 0.29) is 11.9 Å². The van der Waals surface area contributed by atoms with Gasteiger partial charge in [-0.15, -0.1) is 11.3 Å². The van der Waals surface area contributed by atoms with Crippen LogP contribution in [0.5, 0.6) is 0 Å². The van der Waals surface area contributed by atoms with Gasteiger partial charge in [0.15, 0.2) is 0 Å². The minimum Gasteiger partial charge on any atom is -0.325 e. The number of rotatable bonds is 5. The SMILES string of the molecule is C[C@@H](NCc1cccs1)C(=O)Nc1cc(Cl)cc(Cl)c1. The predicted molar refractivity (Wildman–Crippen MR) is 85.7 cm³/mol. The molecule has 1 amide bonds. The molecule has 0 aliphatic carbocycles. The van der Waals surface area contributed by atoms with E-state index in [1.165, 1.54) is 4.88 Å². The van der Waals surface area contributed by atoms with Gasteiger partial charge in [0, 0.05) is 27.2 Å². The molecule has 2 N–H and O–H groups in total. The number of halogens is 2. The van der Waals surface area contributed by atoms with Crippen molar-refractivity contribution in [1.82, 2.24) is 5.32 Å². The van der Waals surface area contributed by atoms with Crippen molar-refractivity contribution < 1.29 is 4.79 Å². The van der Waals surface area contributed by atoms with Crippen LogP contribution in [0.25, 0.3) is 0 Å². The van der Waals surface area contributed by atoms with Gasteiger partial charge in [-0.2, -0.15) is 0 Å². The number of anilines is 1. The van der Waals surface area contributed by atoms with Crippen LogP contribution in [0.4, 0.5) is 5.69 Å². The molecule has 0 fully saturated rings. The molecular formula is C14H14Cl2N2OS. The lowest BCUT2D eigenvalue weighted by atomic mass is 10.2. The average Bonchev–Trinajstić information content (AvgIpc) is 2.87. The van der Waals surface area contributed by atoms with Crippen LogP contribution in [0, 0.1) is 0 Å². The Morgan fingerprint density at radius 3 is 2.60 bits per heavy atom. The van der Waals surface area contributed by atoms with Gasteiger partial charge in [0.25, 0.3) is 0 Å². The lowest BCUT2D eigenvalue weighted by Crippen LogP contribution is -2.37. The van der Waals surface area contributed by atoms with Gasteiger partial charge >= 0.3 is 0 Å². The molecule has 0 aliphatic rings. The average molecular weight is 329 g/mol. The highest BCUT2D eigenvalue weighted by Crippen LogP contribution is 2.22. The molecule has 0 aliphatic heterocycles. The van der Waals surface area contributed by atoms with Gasteiger partial charge < -0.3 is 10.6 Å². The Balaban J connectivity index is 1.90. The van der Waals surface area contributed by atoms with Crippen molar-refractivity contribution in [3.8, 4) is 0 Å². The van der Waals surface area contributed by atoms with Crippen LogP contribution in [0.15, 0.2) is 35.7 Å². The van der Waals surface area contributed by atoms with Gasteiger partial charge in [0.1, 0.15) is 0 Å². The Bertz CT molecular complexity index is 567. The van der Waals surface area contributed by atoms with Gasteiger partial charge in [-0.05, 0) is 36.6 Å². The molecular weight excluding hydrogens is 315 g/mol. The second-order valence-electron chi connectivity index (χ2n) is 4.33. The summed E-state index contributed by atoms with van der Waals surface area (Å²) >= 11 is 13.4. The number of nitrogens with one attached hydrogen (secondary N) is 2. The topological polar surface area (TPSA) is 41.1 Å². The molecule has 2 rings (SSSR count). The second-order valence-corrected chi connectivity index (χ2v) is 6.23. The molecule has 0 bridgehead atoms. The van der Waals surface area contributed by atoms with Crippen molar-refractivity contribution in [3.05, 3.63) is 50.6 Å². The predicted octanol–water partition coefficient (Wildman–Crippen LogP) is 4.17. The minimum atomic E-state index is -0.310. The highest BCUT2D eigenvalue weighted by Gasteiger charge is 2.13. The van der Waals surface area contributed by atoms with E-state index in [0.29, 0.717) is 22.3 Å². The van der Waals surface area contributed by atoms with E-state index >= 15 is 0 Å². The number of carbonyl (C=O) groups is 1. The maximum absolute atomic E-state index is 12.0. The second kappa shape index (κ2) is 7.09. The van der Waals surface area contributed by atoms with Crippen molar-refractivity contribution in [2.75, 3.05) is 5.32 Å². The first-order chi connectivity index (χ1) is 9.54. The fourth-order valence-electron chi connectivity index (χ4n) is 1.64. The van der Waals surface area contributed by atoms with E-state index < -0.39 is 0 Å². The first kappa shape index (κ1) is 15.3. The zero-order chi connectivity index (χ0) is 14.5. The lowest BCUT2D eigenvalue weighted by Gasteiger charge is -2.14. The van der Waals surface area contributed by atoms with Gasteiger partial charge in [0.2, 0.25) is 5.91 Å². The summed E-state index contributed by atoms with van der Waals surface area (Å²) in [6.45, 7) is 2.48. The van der Waals surface area contributed by atoms with Crippen LogP contribution in [0.1, 0.15) is 11.8 Å². The molecule has 1 aromatic carbocycles. The highest BCUT2D eigenvalue weighted by atomic mass is 35.5. The van der Waals surface area contributed by atoms with E-state index in [2.05, 4.69) is 10.6 Å². The van der Waals surface area contributed by atoms with Crippen LogP contribution >= 0.6 is 34.5 Å². The third kappa shape index (κ3) is 4.49. The van der Waals surface area contributed by atoms with Crippen molar-refractivity contribution in [2.45, 2.75) is 19.5 Å². The molecule has 106 valence electrons.